The molecule has 0 saturated heterocycles. The summed E-state index contributed by atoms with van der Waals surface area (Å²) in [6.45, 7) is 1.73. The Morgan fingerprint density at radius 2 is 1.78 bits per heavy atom. The highest BCUT2D eigenvalue weighted by Crippen LogP contribution is 2.30. The van der Waals surface area contributed by atoms with Crippen LogP contribution in [0.25, 0.3) is 0 Å². The molecule has 10 nitrogen and oxygen atoms in total. The van der Waals surface area contributed by atoms with Gasteiger partial charge in [0, 0.05) is 17.2 Å². The fourth-order valence-corrected chi connectivity index (χ4v) is 3.28. The van der Waals surface area contributed by atoms with Gasteiger partial charge in [-0.15, -0.1) is 0 Å². The molecule has 0 unspecified atom stereocenters. The lowest BCUT2D eigenvalue weighted by Gasteiger charge is -2.12. The first-order valence-corrected chi connectivity index (χ1v) is 11.2. The first-order chi connectivity index (χ1) is 17.3. The highest BCUT2D eigenvalue weighted by molar-refractivity contribution is 6.36. The number of hydrogen-bond donors (Lipinski definition) is 1. The minimum absolute atomic E-state index is 0.0858. The molecule has 3 rings (SSSR count). The second-order valence-corrected chi connectivity index (χ2v) is 7.83. The van der Waals surface area contributed by atoms with Crippen LogP contribution in [0.3, 0.4) is 0 Å². The maximum Gasteiger partial charge on any atom is 0.345 e. The van der Waals surface area contributed by atoms with Crippen LogP contribution < -0.4 is 19.6 Å². The second kappa shape index (κ2) is 12.5. The molecule has 0 aliphatic heterocycles. The third-order valence-corrected chi connectivity index (χ3v) is 4.99. The lowest BCUT2D eigenvalue weighted by atomic mass is 10.2. The van der Waals surface area contributed by atoms with E-state index in [1.165, 1.54) is 54.7 Å². The normalized spacial score (nSPS) is 10.6. The number of non-ortho nitro benzene ring substituents is 1. The van der Waals surface area contributed by atoms with Crippen LogP contribution in [0.2, 0.25) is 10.0 Å². The molecule has 0 aliphatic rings. The topological polar surface area (TPSA) is 129 Å². The number of nitrogens with zero attached hydrogens (tertiary/aromatic N) is 2. The molecule has 1 N–H and O–H groups in total. The molecular weight excluding hydrogens is 513 g/mol. The average molecular weight is 532 g/mol. The number of carbonyl (C=O) groups excluding carboxylic acids is 2. The van der Waals surface area contributed by atoms with Crippen LogP contribution in [0, 0.1) is 10.1 Å². The van der Waals surface area contributed by atoms with Gasteiger partial charge in [0.25, 0.3) is 11.6 Å². The van der Waals surface area contributed by atoms with Crippen LogP contribution in [0.15, 0.2) is 65.8 Å². The number of esters is 1. The van der Waals surface area contributed by atoms with Crippen molar-refractivity contribution in [3.8, 4) is 17.2 Å². The molecule has 0 atom stereocenters. The van der Waals surface area contributed by atoms with E-state index in [4.69, 9.17) is 37.4 Å². The fraction of sp³-hybridized carbons (Fsp3) is 0.125. The quantitative estimate of drug-likeness (QED) is 0.127. The molecule has 186 valence electrons. The number of benzene rings is 3. The monoisotopic (exact) mass is 531 g/mol. The number of hydrazone groups is 1. The highest BCUT2D eigenvalue weighted by Gasteiger charge is 2.16. The van der Waals surface area contributed by atoms with Crippen molar-refractivity contribution in [2.45, 2.75) is 6.92 Å². The SMILES string of the molecule is CCOc1cc(/C=N/NC(=O)COc2ccc([N+](=O)[O-])cc2)ccc1OC(=O)c1ccc(Cl)cc1Cl. The molecule has 36 heavy (non-hydrogen) atoms. The summed E-state index contributed by atoms with van der Waals surface area (Å²) in [6.07, 6.45) is 1.37. The Labute approximate surface area is 215 Å². The van der Waals surface area contributed by atoms with Crippen LogP contribution in [0.5, 0.6) is 17.2 Å². The van der Waals surface area contributed by atoms with Crippen molar-refractivity contribution < 1.29 is 28.7 Å². The molecular formula is C24H19Cl2N3O7. The summed E-state index contributed by atoms with van der Waals surface area (Å²) in [5.41, 5.74) is 2.92. The molecule has 0 aromatic heterocycles. The molecule has 0 fully saturated rings. The summed E-state index contributed by atoms with van der Waals surface area (Å²) >= 11 is 11.9. The Bertz CT molecular complexity index is 1300. The van der Waals surface area contributed by atoms with E-state index in [-0.39, 0.29) is 34.4 Å². The average Bonchev–Trinajstić information content (AvgIpc) is 2.84. The van der Waals surface area contributed by atoms with E-state index in [1.54, 1.807) is 19.1 Å². The largest absolute Gasteiger partial charge is 0.490 e. The van der Waals surface area contributed by atoms with E-state index < -0.39 is 16.8 Å². The molecule has 1 amide bonds. The van der Waals surface area contributed by atoms with Gasteiger partial charge in [-0.2, -0.15) is 5.10 Å². The van der Waals surface area contributed by atoms with E-state index in [0.29, 0.717) is 22.9 Å². The molecule has 0 heterocycles. The number of ether oxygens (including phenoxy) is 3. The van der Waals surface area contributed by atoms with E-state index in [1.807, 2.05) is 0 Å². The maximum atomic E-state index is 12.5. The summed E-state index contributed by atoms with van der Waals surface area (Å²) in [5.74, 6) is -0.469. The zero-order chi connectivity index (χ0) is 26.1. The van der Waals surface area contributed by atoms with Gasteiger partial charge in [0.1, 0.15) is 5.75 Å². The number of carbonyl (C=O) groups is 2. The van der Waals surface area contributed by atoms with Gasteiger partial charge in [0.05, 0.1) is 28.3 Å². The summed E-state index contributed by atoms with van der Waals surface area (Å²) in [6, 6.07) is 14.5. The molecule has 3 aromatic rings. The zero-order valence-corrected chi connectivity index (χ0v) is 20.3. The Morgan fingerprint density at radius 3 is 2.44 bits per heavy atom. The highest BCUT2D eigenvalue weighted by atomic mass is 35.5. The number of nitro benzene ring substituents is 1. The minimum atomic E-state index is -0.681. The van der Waals surface area contributed by atoms with Gasteiger partial charge in [-0.25, -0.2) is 10.2 Å². The molecule has 0 spiro atoms. The number of hydrogen-bond acceptors (Lipinski definition) is 8. The molecule has 0 aliphatic carbocycles. The zero-order valence-electron chi connectivity index (χ0n) is 18.8. The van der Waals surface area contributed by atoms with Gasteiger partial charge in [0.2, 0.25) is 0 Å². The Kier molecular flexibility index (Phi) is 9.20. The van der Waals surface area contributed by atoms with Crippen molar-refractivity contribution >= 4 is 47.0 Å². The van der Waals surface area contributed by atoms with Crippen LogP contribution in [-0.2, 0) is 4.79 Å². The number of rotatable bonds is 10. The first-order valence-electron chi connectivity index (χ1n) is 10.4. The van der Waals surface area contributed by atoms with Gasteiger partial charge in [0.15, 0.2) is 18.1 Å². The second-order valence-electron chi connectivity index (χ2n) is 6.99. The lowest BCUT2D eigenvalue weighted by molar-refractivity contribution is -0.384. The van der Waals surface area contributed by atoms with Gasteiger partial charge >= 0.3 is 5.97 Å². The van der Waals surface area contributed by atoms with Crippen LogP contribution in [-0.4, -0.2) is 36.2 Å². The van der Waals surface area contributed by atoms with Crippen LogP contribution in [0.4, 0.5) is 5.69 Å². The van der Waals surface area contributed by atoms with Crippen molar-refractivity contribution in [1.82, 2.24) is 5.43 Å². The summed E-state index contributed by atoms with van der Waals surface area (Å²) < 4.78 is 16.3. The number of halogens is 2. The predicted molar refractivity (Wildman–Crippen MR) is 133 cm³/mol. The minimum Gasteiger partial charge on any atom is -0.490 e. The third kappa shape index (κ3) is 7.42. The van der Waals surface area contributed by atoms with E-state index >= 15 is 0 Å². The fourth-order valence-electron chi connectivity index (χ4n) is 2.79. The summed E-state index contributed by atoms with van der Waals surface area (Å²) in [4.78, 5) is 34.6. The van der Waals surface area contributed by atoms with Crippen molar-refractivity contribution in [3.63, 3.8) is 0 Å². The van der Waals surface area contributed by atoms with Crippen molar-refractivity contribution in [2.24, 2.45) is 5.10 Å². The molecule has 0 radical (unpaired) electrons. The van der Waals surface area contributed by atoms with Gasteiger partial charge in [-0.3, -0.25) is 14.9 Å². The molecule has 3 aromatic carbocycles. The molecule has 0 bridgehead atoms. The van der Waals surface area contributed by atoms with E-state index in [2.05, 4.69) is 10.5 Å². The number of nitrogens with one attached hydrogen (secondary N) is 1. The van der Waals surface area contributed by atoms with E-state index in [0.717, 1.165) is 0 Å². The summed E-state index contributed by atoms with van der Waals surface area (Å²) in [5, 5.41) is 15.1. The van der Waals surface area contributed by atoms with Crippen molar-refractivity contribution in [2.75, 3.05) is 13.2 Å². The molecule has 0 saturated carbocycles. The van der Waals surface area contributed by atoms with Gasteiger partial charge < -0.3 is 14.2 Å². The molecule has 12 heteroatoms. The Balaban J connectivity index is 1.59. The summed E-state index contributed by atoms with van der Waals surface area (Å²) in [7, 11) is 0. The van der Waals surface area contributed by atoms with Crippen molar-refractivity contribution in [1.29, 1.82) is 0 Å². The lowest BCUT2D eigenvalue weighted by Crippen LogP contribution is -2.24. The van der Waals surface area contributed by atoms with Gasteiger partial charge in [-0.1, -0.05) is 23.2 Å². The van der Waals surface area contributed by atoms with Crippen LogP contribution >= 0.6 is 23.2 Å². The van der Waals surface area contributed by atoms with Crippen molar-refractivity contribution in [3.05, 3.63) is 92.0 Å². The smallest absolute Gasteiger partial charge is 0.345 e. The van der Waals surface area contributed by atoms with Gasteiger partial charge in [-0.05, 0) is 61.0 Å². The first kappa shape index (κ1) is 26.5. The third-order valence-electron chi connectivity index (χ3n) is 4.44. The Morgan fingerprint density at radius 1 is 1.03 bits per heavy atom. The van der Waals surface area contributed by atoms with E-state index in [9.17, 15) is 19.7 Å². The van der Waals surface area contributed by atoms with Crippen LogP contribution in [0.1, 0.15) is 22.8 Å². The standard InChI is InChI=1S/C24H19Cl2N3O7/c1-2-34-22-11-15(3-10-21(22)36-24(31)19-9-4-16(25)12-20(19)26)13-27-28-23(30)14-35-18-7-5-17(6-8-18)29(32)33/h3-13H,2,14H2,1H3,(H,28,30)/b27-13+. The number of nitro groups is 1. The number of amides is 1. The Hall–Kier alpha value is -4.15. The maximum absolute atomic E-state index is 12.5. The predicted octanol–water partition coefficient (Wildman–Crippen LogP) is 5.05.